The molecule has 0 aromatic heterocycles. The molecule has 0 amide bonds. The van der Waals surface area contributed by atoms with E-state index in [-0.39, 0.29) is 11.5 Å². The third-order valence-electron chi connectivity index (χ3n) is 4.60. The standard InChI is InChI=1S/C13H24O2/c1-3-13(2)11(14)9-12(13)15-10-7-5-4-6-8-10/h10-12,14H,3-9H2,1-2H3. The van der Waals surface area contributed by atoms with Crippen molar-refractivity contribution in [1.29, 1.82) is 0 Å². The van der Waals surface area contributed by atoms with Crippen LogP contribution in [0.2, 0.25) is 0 Å². The average molecular weight is 212 g/mol. The second-order valence-corrected chi connectivity index (χ2v) is 5.50. The van der Waals surface area contributed by atoms with Crippen molar-refractivity contribution in [3.8, 4) is 0 Å². The van der Waals surface area contributed by atoms with Gasteiger partial charge in [-0.25, -0.2) is 0 Å². The molecule has 2 aliphatic rings. The van der Waals surface area contributed by atoms with E-state index in [1.165, 1.54) is 32.1 Å². The van der Waals surface area contributed by atoms with Crippen molar-refractivity contribution >= 4 is 0 Å². The van der Waals surface area contributed by atoms with E-state index in [1.807, 2.05) is 0 Å². The minimum Gasteiger partial charge on any atom is -0.392 e. The number of hydrogen-bond donors (Lipinski definition) is 1. The van der Waals surface area contributed by atoms with Gasteiger partial charge in [0.1, 0.15) is 0 Å². The Bertz CT molecular complexity index is 211. The van der Waals surface area contributed by atoms with Gasteiger partial charge in [0.25, 0.3) is 0 Å². The van der Waals surface area contributed by atoms with Crippen LogP contribution in [0, 0.1) is 5.41 Å². The summed E-state index contributed by atoms with van der Waals surface area (Å²) in [6, 6.07) is 0. The minimum atomic E-state index is -0.143. The van der Waals surface area contributed by atoms with Crippen LogP contribution in [0.3, 0.4) is 0 Å². The van der Waals surface area contributed by atoms with Gasteiger partial charge in [-0.15, -0.1) is 0 Å². The third-order valence-corrected chi connectivity index (χ3v) is 4.60. The van der Waals surface area contributed by atoms with Crippen LogP contribution < -0.4 is 0 Å². The molecule has 0 saturated heterocycles. The second kappa shape index (κ2) is 4.42. The van der Waals surface area contributed by atoms with E-state index in [4.69, 9.17) is 4.74 Å². The van der Waals surface area contributed by atoms with Gasteiger partial charge in [0.2, 0.25) is 0 Å². The van der Waals surface area contributed by atoms with E-state index in [0.717, 1.165) is 12.8 Å². The molecule has 88 valence electrons. The Hall–Kier alpha value is -0.0800. The maximum atomic E-state index is 9.79. The normalized spacial score (nSPS) is 42.6. The van der Waals surface area contributed by atoms with Gasteiger partial charge in [-0.05, 0) is 19.3 Å². The summed E-state index contributed by atoms with van der Waals surface area (Å²) >= 11 is 0. The Morgan fingerprint density at radius 3 is 2.47 bits per heavy atom. The first-order valence-electron chi connectivity index (χ1n) is 6.50. The number of aliphatic hydroxyl groups excluding tert-OH is 1. The Kier molecular flexibility index (Phi) is 3.36. The second-order valence-electron chi connectivity index (χ2n) is 5.50. The molecule has 0 aliphatic heterocycles. The molecule has 2 aliphatic carbocycles. The highest BCUT2D eigenvalue weighted by Crippen LogP contribution is 2.46. The maximum Gasteiger partial charge on any atom is 0.0681 e. The van der Waals surface area contributed by atoms with Gasteiger partial charge >= 0.3 is 0 Å². The van der Waals surface area contributed by atoms with Gasteiger partial charge in [0, 0.05) is 11.8 Å². The van der Waals surface area contributed by atoms with Crippen molar-refractivity contribution < 1.29 is 9.84 Å². The highest BCUT2D eigenvalue weighted by Gasteiger charge is 2.51. The zero-order valence-electron chi connectivity index (χ0n) is 10.0. The van der Waals surface area contributed by atoms with Gasteiger partial charge in [-0.2, -0.15) is 0 Å². The maximum absolute atomic E-state index is 9.79. The SMILES string of the molecule is CCC1(C)C(O)CC1OC1CCCCC1. The van der Waals surface area contributed by atoms with Crippen LogP contribution in [0.15, 0.2) is 0 Å². The zero-order chi connectivity index (χ0) is 10.9. The molecule has 2 nitrogen and oxygen atoms in total. The zero-order valence-corrected chi connectivity index (χ0v) is 10.0. The summed E-state index contributed by atoms with van der Waals surface area (Å²) in [5.41, 5.74) is 0.0252. The van der Waals surface area contributed by atoms with Gasteiger partial charge in [-0.3, -0.25) is 0 Å². The first-order valence-corrected chi connectivity index (χ1v) is 6.50. The molecular formula is C13H24O2. The van der Waals surface area contributed by atoms with Crippen molar-refractivity contribution in [2.45, 2.75) is 77.1 Å². The lowest BCUT2D eigenvalue weighted by molar-refractivity contribution is -0.207. The molecule has 0 spiro atoms. The third kappa shape index (κ3) is 2.07. The molecule has 2 saturated carbocycles. The topological polar surface area (TPSA) is 29.5 Å². The number of ether oxygens (including phenoxy) is 1. The van der Waals surface area contributed by atoms with Gasteiger partial charge in [-0.1, -0.05) is 33.1 Å². The summed E-state index contributed by atoms with van der Waals surface area (Å²) in [6.45, 7) is 4.31. The molecule has 0 heterocycles. The van der Waals surface area contributed by atoms with Gasteiger partial charge in [0.05, 0.1) is 18.3 Å². The molecule has 0 radical (unpaired) electrons. The molecule has 2 heteroatoms. The molecule has 3 unspecified atom stereocenters. The summed E-state index contributed by atoms with van der Waals surface area (Å²) in [5.74, 6) is 0. The molecule has 15 heavy (non-hydrogen) atoms. The molecule has 3 atom stereocenters. The van der Waals surface area contributed by atoms with E-state index >= 15 is 0 Å². The highest BCUT2D eigenvalue weighted by molar-refractivity contribution is 5.00. The molecule has 0 aromatic carbocycles. The van der Waals surface area contributed by atoms with Crippen LogP contribution >= 0.6 is 0 Å². The monoisotopic (exact) mass is 212 g/mol. The van der Waals surface area contributed by atoms with Crippen molar-refractivity contribution in [2.24, 2.45) is 5.41 Å². The summed E-state index contributed by atoms with van der Waals surface area (Å²) in [4.78, 5) is 0. The lowest BCUT2D eigenvalue weighted by Gasteiger charge is -2.52. The number of aliphatic hydroxyl groups is 1. The number of rotatable bonds is 3. The van der Waals surface area contributed by atoms with Crippen LogP contribution in [-0.4, -0.2) is 23.4 Å². The van der Waals surface area contributed by atoms with E-state index in [0.29, 0.717) is 12.2 Å². The molecule has 1 N–H and O–H groups in total. The predicted octanol–water partition coefficient (Wildman–Crippen LogP) is 2.89. The summed E-state index contributed by atoms with van der Waals surface area (Å²) < 4.78 is 6.14. The quantitative estimate of drug-likeness (QED) is 0.779. The van der Waals surface area contributed by atoms with Gasteiger partial charge < -0.3 is 9.84 Å². The first-order chi connectivity index (χ1) is 7.16. The molecule has 2 fully saturated rings. The Labute approximate surface area is 93.0 Å². The van der Waals surface area contributed by atoms with Crippen LogP contribution in [0.4, 0.5) is 0 Å². The van der Waals surface area contributed by atoms with E-state index in [2.05, 4.69) is 13.8 Å². The van der Waals surface area contributed by atoms with Crippen LogP contribution in [-0.2, 0) is 4.74 Å². The van der Waals surface area contributed by atoms with E-state index in [9.17, 15) is 5.11 Å². The fourth-order valence-electron chi connectivity index (χ4n) is 2.90. The van der Waals surface area contributed by atoms with Crippen molar-refractivity contribution in [3.05, 3.63) is 0 Å². The van der Waals surface area contributed by atoms with Gasteiger partial charge in [0.15, 0.2) is 0 Å². The molecular weight excluding hydrogens is 188 g/mol. The fraction of sp³-hybridized carbons (Fsp3) is 1.00. The largest absolute Gasteiger partial charge is 0.392 e. The summed E-state index contributed by atoms with van der Waals surface area (Å²) in [6.07, 6.45) is 8.98. The predicted molar refractivity (Wildman–Crippen MR) is 60.8 cm³/mol. The Morgan fingerprint density at radius 1 is 1.27 bits per heavy atom. The average Bonchev–Trinajstić information content (AvgIpc) is 2.29. The Morgan fingerprint density at radius 2 is 1.93 bits per heavy atom. The summed E-state index contributed by atoms with van der Waals surface area (Å²) in [7, 11) is 0. The van der Waals surface area contributed by atoms with Crippen LogP contribution in [0.1, 0.15) is 58.8 Å². The van der Waals surface area contributed by atoms with E-state index in [1.54, 1.807) is 0 Å². The molecule has 0 bridgehead atoms. The minimum absolute atomic E-state index is 0.0252. The highest BCUT2D eigenvalue weighted by atomic mass is 16.5. The number of hydrogen-bond acceptors (Lipinski definition) is 2. The van der Waals surface area contributed by atoms with Crippen LogP contribution in [0.5, 0.6) is 0 Å². The molecule has 2 rings (SSSR count). The smallest absolute Gasteiger partial charge is 0.0681 e. The lowest BCUT2D eigenvalue weighted by atomic mass is 9.63. The van der Waals surface area contributed by atoms with Crippen LogP contribution in [0.25, 0.3) is 0 Å². The fourth-order valence-corrected chi connectivity index (χ4v) is 2.90. The van der Waals surface area contributed by atoms with Crippen molar-refractivity contribution in [1.82, 2.24) is 0 Å². The molecule has 0 aromatic rings. The van der Waals surface area contributed by atoms with Crippen molar-refractivity contribution in [3.63, 3.8) is 0 Å². The Balaban J connectivity index is 1.84. The summed E-state index contributed by atoms with van der Waals surface area (Å²) in [5, 5.41) is 9.79. The first kappa shape index (κ1) is 11.4. The van der Waals surface area contributed by atoms with E-state index < -0.39 is 0 Å². The van der Waals surface area contributed by atoms with Crippen molar-refractivity contribution in [2.75, 3.05) is 0 Å². The lowest BCUT2D eigenvalue weighted by Crippen LogP contribution is -2.57.